The number of aromatic nitrogens is 16. The van der Waals surface area contributed by atoms with Gasteiger partial charge >= 0.3 is 0 Å². The van der Waals surface area contributed by atoms with E-state index in [0.29, 0.717) is 50.8 Å². The van der Waals surface area contributed by atoms with Crippen molar-refractivity contribution in [1.29, 1.82) is 0 Å². The van der Waals surface area contributed by atoms with E-state index in [2.05, 4.69) is 89.0 Å². The Labute approximate surface area is 886 Å². The highest BCUT2D eigenvalue weighted by Gasteiger charge is 2.32. The number of fused-ring (bicyclic) bond motifs is 4. The van der Waals surface area contributed by atoms with Crippen LogP contribution in [-0.2, 0) is 93.5 Å². The molecular weight excluding hydrogens is 1920 g/mol. The second kappa shape index (κ2) is 49.9. The standard InChI is InChI=1S/4C25H36N6O4S/c4*1-5-8-20-22-23(31(4)29-20)25(32)28-24(27-22)19-16-18(10-11-21(19)35-15-6-2)36(33,34)26-13-12-17-9-7-14-30(17)3/h4*10-11,16-17,26H,5-9,12-15H2,1-4H3,(H,27,28,32)/i4D3,5D2,8D2,13D2;4D3,5D2,8D2,13D;4D3,5D2,13D2;4D3,5D2,8D2. The third-order valence-corrected chi connectivity index (χ3v) is 29.7. The van der Waals surface area contributed by atoms with Gasteiger partial charge in [-0.05, 0) is 255 Å². The molecule has 0 saturated carbocycles. The molecule has 4 aliphatic rings. The lowest BCUT2D eigenvalue weighted by Gasteiger charge is -2.19. The van der Waals surface area contributed by atoms with Gasteiger partial charge < -0.3 is 58.5 Å². The number of aryl methyl sites for hydroxylation is 8. The van der Waals surface area contributed by atoms with Crippen LogP contribution in [0.2, 0.25) is 0 Å². The van der Waals surface area contributed by atoms with Crippen molar-refractivity contribution in [3.05, 3.63) is 137 Å². The minimum atomic E-state index is -4.48. The highest BCUT2D eigenvalue weighted by molar-refractivity contribution is 7.90. The molecule has 4 fully saturated rings. The summed E-state index contributed by atoms with van der Waals surface area (Å²) >= 11 is 0. The van der Waals surface area contributed by atoms with Crippen LogP contribution in [0.15, 0.2) is 112 Å². The Bertz CT molecular complexity index is 8700. The lowest BCUT2D eigenvalue weighted by atomic mass is 10.1. The zero-order chi connectivity index (χ0) is 130. The molecule has 4 aliphatic heterocycles. The molecule has 5 atom stereocenters. The van der Waals surface area contributed by atoms with E-state index in [9.17, 15) is 52.8 Å². The SMILES string of the molecule is [2H]C(CC1CCCN1C)NS(=O)(=O)c1ccc(OCCC)c(-c2nc3c(C([2H])([2H])C([2H])([2H])C)nn(C([2H])([2H])[2H])c3c(=O)[nH]2)c1.[2H]C([2H])(C)Cc1nn(C([2H])([2H])[2H])c2c(=O)[nH]c(-c3cc(S(=O)(=O)NC([2H])([2H])CC4CCCN4C)ccc3OCCC)nc12.[2H]C([2H])(CC1CCCN1C)NS(=O)(=O)c1ccc(OCCC)c(-c2nc3c(C([2H])([2H])C([2H])([2H])C)nn(C([2H])([2H])[2H])c3c(=O)[nH]2)c1.[2H]C([2H])([2H])n1nc(C([2H])([2H])C([2H])([2H])C)c2nc(-c3cc(S(=O)(=O)NCCC4CCCN4C)ccc3OCCC)[nH]c(=O)c21. The third kappa shape index (κ3) is 26.5. The fourth-order valence-electron chi connectivity index (χ4n) is 16.9. The van der Waals surface area contributed by atoms with Crippen molar-refractivity contribution in [2.75, 3.05) is 107 Å². The van der Waals surface area contributed by atoms with Gasteiger partial charge in [0.25, 0.3) is 22.2 Å². The minimum absolute atomic E-state index is 0.00923. The molecule has 0 aliphatic carbocycles. The van der Waals surface area contributed by atoms with Gasteiger partial charge in [0.1, 0.15) is 68.4 Å². The van der Waals surface area contributed by atoms with Crippen molar-refractivity contribution >= 4 is 84.2 Å². The Balaban J connectivity index is 0.000000190. The van der Waals surface area contributed by atoms with E-state index in [-0.39, 0.29) is 188 Å². The normalized spacial score (nSPS) is 21.4. The van der Waals surface area contributed by atoms with Crippen molar-refractivity contribution in [3.8, 4) is 68.5 Å². The quantitative estimate of drug-likeness (QED) is 0.0176. The Hall–Kier alpha value is -11.0. The van der Waals surface area contributed by atoms with Crippen LogP contribution in [0.5, 0.6) is 23.0 Å². The molecule has 12 aromatic rings. The molecule has 12 heterocycles. The Kier molecular flexibility index (Phi) is 25.9. The van der Waals surface area contributed by atoms with Gasteiger partial charge in [0.15, 0.2) is 22.1 Å². The first-order valence-electron chi connectivity index (χ1n) is 62.7. The molecule has 4 saturated heterocycles. The smallest absolute Gasteiger partial charge is 0.277 e. The molecule has 0 amide bonds. The molecule has 44 heteroatoms. The fourth-order valence-corrected chi connectivity index (χ4v) is 20.8. The topological polar surface area (TPSA) is 489 Å². The molecular formula is C100H144N24O16S4. The summed E-state index contributed by atoms with van der Waals surface area (Å²) in [7, 11) is -9.47. The van der Waals surface area contributed by atoms with Crippen LogP contribution in [0.25, 0.3) is 89.7 Å². The van der Waals surface area contributed by atoms with Crippen molar-refractivity contribution in [2.24, 2.45) is 27.9 Å². The van der Waals surface area contributed by atoms with E-state index in [4.69, 9.17) is 61.4 Å². The van der Waals surface area contributed by atoms with Crippen molar-refractivity contribution in [3.63, 3.8) is 0 Å². The van der Waals surface area contributed by atoms with E-state index in [0.717, 1.165) is 104 Å². The Morgan fingerprint density at radius 2 is 0.632 bits per heavy atom. The number of aromatic amines is 4. The fraction of sp³-hybridized carbons (Fsp3) is 0.560. The molecule has 144 heavy (non-hydrogen) atoms. The highest BCUT2D eigenvalue weighted by atomic mass is 32.2. The van der Waals surface area contributed by atoms with Crippen LogP contribution >= 0.6 is 0 Å². The highest BCUT2D eigenvalue weighted by Crippen LogP contribution is 2.38. The van der Waals surface area contributed by atoms with Crippen LogP contribution in [0.3, 0.4) is 0 Å². The first-order chi connectivity index (χ1) is 80.6. The van der Waals surface area contributed by atoms with Gasteiger partial charge in [-0.2, -0.15) is 20.4 Å². The molecule has 8 aromatic heterocycles. The first kappa shape index (κ1) is 74.8. The first-order valence-corrected chi connectivity index (χ1v) is 53.1. The number of rotatable bonds is 44. The summed E-state index contributed by atoms with van der Waals surface area (Å²) in [6, 6.07) is 15.4. The number of H-pyrrole nitrogens is 4. The number of hydrogen-bond donors (Lipinski definition) is 8. The maximum atomic E-state index is 13.4. The van der Waals surface area contributed by atoms with Gasteiger partial charge in [-0.3, -0.25) is 37.9 Å². The van der Waals surface area contributed by atoms with Crippen LogP contribution in [0.4, 0.5) is 0 Å². The van der Waals surface area contributed by atoms with Gasteiger partial charge in [-0.1, -0.05) is 80.9 Å². The number of sulfonamides is 4. The predicted molar refractivity (Wildman–Crippen MR) is 559 cm³/mol. The lowest BCUT2D eigenvalue weighted by molar-refractivity contribution is 0.297. The van der Waals surface area contributed by atoms with Crippen LogP contribution in [0, 0.1) is 0 Å². The Morgan fingerprint density at radius 3 is 0.903 bits per heavy atom. The molecule has 784 valence electrons. The second-order valence-corrected chi connectivity index (χ2v) is 41.4. The maximum absolute atomic E-state index is 13.4. The Morgan fingerprint density at radius 1 is 0.361 bits per heavy atom. The molecule has 16 rings (SSSR count). The van der Waals surface area contributed by atoms with Gasteiger partial charge in [0.05, 0.1) is 91.0 Å². The molecule has 0 radical (unpaired) electrons. The van der Waals surface area contributed by atoms with Gasteiger partial charge in [0.2, 0.25) is 40.1 Å². The van der Waals surface area contributed by atoms with Crippen molar-refractivity contribution in [2.45, 2.75) is 253 Å². The van der Waals surface area contributed by atoms with E-state index in [1.54, 1.807) is 0 Å². The van der Waals surface area contributed by atoms with Gasteiger partial charge in [-0.25, -0.2) is 72.5 Å². The average Bonchev–Trinajstić information content (AvgIpc) is 1.57. The summed E-state index contributed by atoms with van der Waals surface area (Å²) in [6.07, 6.45) is -8.19. The molecule has 0 bridgehead atoms. The lowest BCUT2D eigenvalue weighted by Crippen LogP contribution is -2.31. The second-order valence-electron chi connectivity index (χ2n) is 34.6. The number of benzene rings is 4. The number of likely N-dealkylation sites (tertiary alicyclic amines) is 4. The van der Waals surface area contributed by atoms with Crippen LogP contribution in [-0.4, -0.2) is 263 Å². The van der Waals surface area contributed by atoms with E-state index in [1.807, 2.05) is 65.7 Å². The molecule has 5 unspecified atom stereocenters. The van der Waals surface area contributed by atoms with E-state index in [1.165, 1.54) is 73.7 Å². The van der Waals surface area contributed by atoms with Crippen molar-refractivity contribution < 1.29 is 95.1 Å². The number of nitrogens with one attached hydrogen (secondary N) is 8. The van der Waals surface area contributed by atoms with E-state index < -0.39 is 205 Å². The predicted octanol–water partition coefficient (Wildman–Crippen LogP) is 11.3. The molecule has 40 nitrogen and oxygen atoms in total. The summed E-state index contributed by atoms with van der Waals surface area (Å²) < 4.78 is 391. The average molecular weight is 2100 g/mol. The molecule has 8 N–H and O–H groups in total. The summed E-state index contributed by atoms with van der Waals surface area (Å²) in [5, 5.41) is 15.4. The number of nitrogens with zero attached hydrogens (tertiary/aromatic N) is 16. The zero-order valence-corrected chi connectivity index (χ0v) is 85.3. The largest absolute Gasteiger partial charge is 0.493 e. The summed E-state index contributed by atoms with van der Waals surface area (Å²) in [5.74, 6) is -0.436. The maximum Gasteiger partial charge on any atom is 0.277 e. The number of ether oxygens (including phenoxy) is 4. The van der Waals surface area contributed by atoms with Gasteiger partial charge in [-0.15, -0.1) is 0 Å². The molecule has 0 spiro atoms. The van der Waals surface area contributed by atoms with Crippen LogP contribution < -0.4 is 60.1 Å². The minimum Gasteiger partial charge on any atom is -0.493 e. The summed E-state index contributed by atoms with van der Waals surface area (Å²) in [6.45, 7) is -1.53. The van der Waals surface area contributed by atoms with Crippen molar-refractivity contribution in [1.82, 2.24) is 117 Å². The third-order valence-electron chi connectivity index (χ3n) is 24.4. The summed E-state index contributed by atoms with van der Waals surface area (Å²) in [4.78, 5) is 87.7. The van der Waals surface area contributed by atoms with Gasteiger partial charge in [0, 0.05) is 121 Å². The van der Waals surface area contributed by atoms with E-state index >= 15 is 0 Å². The monoisotopic (exact) mass is 2100 g/mol. The van der Waals surface area contributed by atoms with Crippen LogP contribution in [0.1, 0.15) is 249 Å². The number of hydrogen-bond acceptors (Lipinski definition) is 28. The molecule has 4 aromatic carbocycles. The summed E-state index contributed by atoms with van der Waals surface area (Å²) in [5.41, 5.74) is -9.96. The zero-order valence-electron chi connectivity index (χ0n) is 113.